The highest BCUT2D eigenvalue weighted by Gasteiger charge is 2.24. The summed E-state index contributed by atoms with van der Waals surface area (Å²) < 4.78 is 32.4. The predicted octanol–water partition coefficient (Wildman–Crippen LogP) is 1.89. The van der Waals surface area contributed by atoms with E-state index in [9.17, 15) is 8.42 Å². The summed E-state index contributed by atoms with van der Waals surface area (Å²) in [5, 5.41) is 0.162. The van der Waals surface area contributed by atoms with Crippen LogP contribution in [0, 0.1) is 0 Å². The highest BCUT2D eigenvalue weighted by molar-refractivity contribution is 7.89. The smallest absolute Gasteiger partial charge is 0.242 e. The molecule has 0 aliphatic heterocycles. The summed E-state index contributed by atoms with van der Waals surface area (Å²) in [6.45, 7) is 6.48. The van der Waals surface area contributed by atoms with Crippen LogP contribution in [-0.2, 0) is 21.3 Å². The Bertz CT molecular complexity index is 559. The molecule has 0 bridgehead atoms. The second kappa shape index (κ2) is 6.87. The Hall–Kier alpha value is -0.660. The fourth-order valence-electron chi connectivity index (χ4n) is 1.68. The van der Waals surface area contributed by atoms with E-state index in [1.54, 1.807) is 12.1 Å². The van der Waals surface area contributed by atoms with Crippen LogP contribution in [0.4, 0.5) is 0 Å². The molecule has 7 heteroatoms. The lowest BCUT2D eigenvalue weighted by atomic mass is 10.1. The van der Waals surface area contributed by atoms with Crippen LogP contribution in [0.25, 0.3) is 0 Å². The molecule has 114 valence electrons. The van der Waals surface area contributed by atoms with Crippen molar-refractivity contribution >= 4 is 21.6 Å². The Morgan fingerprint density at radius 3 is 2.55 bits per heavy atom. The average Bonchev–Trinajstić information content (AvgIpc) is 2.36. The molecule has 0 aliphatic carbocycles. The van der Waals surface area contributed by atoms with Crippen molar-refractivity contribution in [1.29, 1.82) is 0 Å². The van der Waals surface area contributed by atoms with E-state index in [0.717, 1.165) is 5.56 Å². The maximum atomic E-state index is 12.2. The fraction of sp³-hybridized carbons (Fsp3) is 0.538. The van der Waals surface area contributed by atoms with Crippen LogP contribution in [0.5, 0.6) is 0 Å². The van der Waals surface area contributed by atoms with Gasteiger partial charge in [0.25, 0.3) is 0 Å². The summed E-state index contributed by atoms with van der Waals surface area (Å²) in [4.78, 5) is 0.0451. The van der Waals surface area contributed by atoms with Gasteiger partial charge in [0.05, 0.1) is 10.6 Å². The Labute approximate surface area is 125 Å². The summed E-state index contributed by atoms with van der Waals surface area (Å²) in [7, 11) is -3.67. The van der Waals surface area contributed by atoms with Gasteiger partial charge in [0.15, 0.2) is 0 Å². The van der Waals surface area contributed by atoms with Crippen LogP contribution >= 0.6 is 11.6 Å². The Kier molecular flexibility index (Phi) is 5.97. The molecule has 20 heavy (non-hydrogen) atoms. The van der Waals surface area contributed by atoms with Crippen molar-refractivity contribution in [2.75, 3.05) is 13.2 Å². The molecule has 0 radical (unpaired) electrons. The zero-order chi connectivity index (χ0) is 15.4. The SMILES string of the molecule is CCOC(C)(C)CNS(=O)(=O)c1ccc(CN)cc1Cl. The first kappa shape index (κ1) is 17.4. The third kappa shape index (κ3) is 4.71. The summed E-state index contributed by atoms with van der Waals surface area (Å²) in [5.74, 6) is 0. The van der Waals surface area contributed by atoms with E-state index in [1.807, 2.05) is 20.8 Å². The molecule has 5 nitrogen and oxygen atoms in total. The van der Waals surface area contributed by atoms with Crippen molar-refractivity contribution in [3.05, 3.63) is 28.8 Å². The number of nitrogens with one attached hydrogen (secondary N) is 1. The molecule has 0 amide bonds. The molecule has 3 N–H and O–H groups in total. The number of ether oxygens (including phenoxy) is 1. The lowest BCUT2D eigenvalue weighted by Gasteiger charge is -2.24. The number of nitrogens with two attached hydrogens (primary N) is 1. The van der Waals surface area contributed by atoms with Gasteiger partial charge in [0.1, 0.15) is 4.90 Å². The molecule has 0 spiro atoms. The number of benzene rings is 1. The van der Waals surface area contributed by atoms with Gasteiger partial charge in [-0.25, -0.2) is 13.1 Å². The van der Waals surface area contributed by atoms with Crippen molar-refractivity contribution in [2.24, 2.45) is 5.73 Å². The van der Waals surface area contributed by atoms with E-state index >= 15 is 0 Å². The third-order valence-corrected chi connectivity index (χ3v) is 4.63. The van der Waals surface area contributed by atoms with Crippen LogP contribution in [-0.4, -0.2) is 27.2 Å². The molecule has 1 aromatic carbocycles. The van der Waals surface area contributed by atoms with Crippen LogP contribution in [0.1, 0.15) is 26.3 Å². The van der Waals surface area contributed by atoms with E-state index in [2.05, 4.69) is 4.72 Å². The van der Waals surface area contributed by atoms with E-state index < -0.39 is 15.6 Å². The monoisotopic (exact) mass is 320 g/mol. The molecule has 1 rings (SSSR count). The number of rotatable bonds is 7. The van der Waals surface area contributed by atoms with Crippen molar-refractivity contribution in [2.45, 2.75) is 37.8 Å². The highest BCUT2D eigenvalue weighted by Crippen LogP contribution is 2.23. The van der Waals surface area contributed by atoms with Gasteiger partial charge in [-0.1, -0.05) is 17.7 Å². The molecule has 0 saturated heterocycles. The van der Waals surface area contributed by atoms with Gasteiger partial charge in [-0.3, -0.25) is 0 Å². The molecule has 0 aliphatic rings. The topological polar surface area (TPSA) is 81.4 Å². The second-order valence-corrected chi connectivity index (χ2v) is 7.13. The standard InChI is InChI=1S/C13H21ClN2O3S/c1-4-19-13(2,3)9-16-20(17,18)12-6-5-10(8-15)7-11(12)14/h5-7,16H,4,8-9,15H2,1-3H3. The summed E-state index contributed by atoms with van der Waals surface area (Å²) in [6, 6.07) is 4.67. The van der Waals surface area contributed by atoms with Crippen molar-refractivity contribution in [3.63, 3.8) is 0 Å². The predicted molar refractivity (Wildman–Crippen MR) is 80.2 cm³/mol. The van der Waals surface area contributed by atoms with Gasteiger partial charge < -0.3 is 10.5 Å². The largest absolute Gasteiger partial charge is 0.375 e. The normalized spacial score (nSPS) is 12.7. The Morgan fingerprint density at radius 2 is 2.05 bits per heavy atom. The van der Waals surface area contributed by atoms with Gasteiger partial charge >= 0.3 is 0 Å². The Morgan fingerprint density at radius 1 is 1.40 bits per heavy atom. The van der Waals surface area contributed by atoms with Crippen molar-refractivity contribution in [3.8, 4) is 0 Å². The van der Waals surface area contributed by atoms with E-state index in [4.69, 9.17) is 22.1 Å². The second-order valence-electron chi connectivity index (χ2n) is 4.99. The molecular weight excluding hydrogens is 300 g/mol. The quantitative estimate of drug-likeness (QED) is 0.804. The number of sulfonamides is 1. The fourth-order valence-corrected chi connectivity index (χ4v) is 3.44. The van der Waals surface area contributed by atoms with E-state index in [1.165, 1.54) is 6.07 Å². The van der Waals surface area contributed by atoms with Gasteiger partial charge in [0.2, 0.25) is 10.0 Å². The third-order valence-electron chi connectivity index (χ3n) is 2.74. The van der Waals surface area contributed by atoms with Crippen LogP contribution in [0.15, 0.2) is 23.1 Å². The zero-order valence-electron chi connectivity index (χ0n) is 11.9. The summed E-state index contributed by atoms with van der Waals surface area (Å²) >= 11 is 6.00. The van der Waals surface area contributed by atoms with Crippen molar-refractivity contribution < 1.29 is 13.2 Å². The molecule has 0 aromatic heterocycles. The maximum absolute atomic E-state index is 12.2. The molecular formula is C13H21ClN2O3S. The molecule has 0 unspecified atom stereocenters. The first-order valence-corrected chi connectivity index (χ1v) is 8.20. The minimum absolute atomic E-state index is 0.0451. The molecule has 1 aromatic rings. The summed E-state index contributed by atoms with van der Waals surface area (Å²) in [6.07, 6.45) is 0. The lowest BCUT2D eigenvalue weighted by Crippen LogP contribution is -2.40. The molecule has 0 fully saturated rings. The van der Waals surface area contributed by atoms with Gasteiger partial charge in [-0.05, 0) is 38.5 Å². The molecule has 0 atom stereocenters. The number of hydrogen-bond donors (Lipinski definition) is 2. The van der Waals surface area contributed by atoms with Gasteiger partial charge in [-0.2, -0.15) is 0 Å². The van der Waals surface area contributed by atoms with Gasteiger partial charge in [-0.15, -0.1) is 0 Å². The molecule has 0 saturated carbocycles. The summed E-state index contributed by atoms with van der Waals surface area (Å²) in [5.41, 5.74) is 5.69. The van der Waals surface area contributed by atoms with Crippen LogP contribution < -0.4 is 10.5 Å². The first-order chi connectivity index (χ1) is 9.22. The number of halogens is 1. The van der Waals surface area contributed by atoms with Crippen LogP contribution in [0.3, 0.4) is 0 Å². The minimum atomic E-state index is -3.67. The van der Waals surface area contributed by atoms with Crippen molar-refractivity contribution in [1.82, 2.24) is 4.72 Å². The van der Waals surface area contributed by atoms with E-state index in [-0.39, 0.29) is 16.5 Å². The van der Waals surface area contributed by atoms with Crippen LogP contribution in [0.2, 0.25) is 5.02 Å². The zero-order valence-corrected chi connectivity index (χ0v) is 13.5. The highest BCUT2D eigenvalue weighted by atomic mass is 35.5. The minimum Gasteiger partial charge on any atom is -0.375 e. The maximum Gasteiger partial charge on any atom is 0.242 e. The number of hydrogen-bond acceptors (Lipinski definition) is 4. The molecule has 0 heterocycles. The van der Waals surface area contributed by atoms with Gasteiger partial charge in [0, 0.05) is 19.7 Å². The average molecular weight is 321 g/mol. The Balaban J connectivity index is 2.89. The lowest BCUT2D eigenvalue weighted by molar-refractivity contribution is -0.00515. The van der Waals surface area contributed by atoms with E-state index in [0.29, 0.717) is 13.2 Å². The first-order valence-electron chi connectivity index (χ1n) is 6.34.